The van der Waals surface area contributed by atoms with E-state index in [9.17, 15) is 18.7 Å². The van der Waals surface area contributed by atoms with Crippen LogP contribution in [0.3, 0.4) is 0 Å². The number of hydrogen-bond donors (Lipinski definition) is 1. The van der Waals surface area contributed by atoms with Crippen molar-refractivity contribution in [3.8, 4) is 16.9 Å². The van der Waals surface area contributed by atoms with E-state index in [-0.39, 0.29) is 28.6 Å². The summed E-state index contributed by atoms with van der Waals surface area (Å²) in [6, 6.07) is 7.51. The average molecular weight is 276 g/mol. The van der Waals surface area contributed by atoms with Crippen LogP contribution in [0.15, 0.2) is 36.4 Å². The van der Waals surface area contributed by atoms with Crippen molar-refractivity contribution < 1.29 is 18.7 Å². The number of ketones is 1. The van der Waals surface area contributed by atoms with Gasteiger partial charge in [-0.1, -0.05) is 19.9 Å². The Hall–Kier alpha value is -2.23. The highest BCUT2D eigenvalue weighted by atomic mass is 19.1. The van der Waals surface area contributed by atoms with Gasteiger partial charge in [0, 0.05) is 17.5 Å². The molecule has 4 heteroatoms. The van der Waals surface area contributed by atoms with Gasteiger partial charge in [-0.2, -0.15) is 0 Å². The second kappa shape index (κ2) is 5.41. The van der Waals surface area contributed by atoms with E-state index in [1.54, 1.807) is 13.8 Å². The molecule has 0 radical (unpaired) electrons. The quantitative estimate of drug-likeness (QED) is 0.854. The molecule has 0 saturated carbocycles. The van der Waals surface area contributed by atoms with E-state index in [0.29, 0.717) is 5.56 Å². The van der Waals surface area contributed by atoms with Gasteiger partial charge in [0.2, 0.25) is 0 Å². The first-order valence-electron chi connectivity index (χ1n) is 6.23. The molecule has 0 amide bonds. The van der Waals surface area contributed by atoms with Crippen LogP contribution in [0.5, 0.6) is 5.75 Å². The van der Waals surface area contributed by atoms with Crippen molar-refractivity contribution in [3.05, 3.63) is 53.6 Å². The topological polar surface area (TPSA) is 37.3 Å². The predicted molar refractivity (Wildman–Crippen MR) is 72.6 cm³/mol. The Labute approximate surface area is 115 Å². The molecule has 0 unspecified atom stereocenters. The molecule has 0 aliphatic carbocycles. The maximum Gasteiger partial charge on any atom is 0.169 e. The number of aromatic hydroxyl groups is 1. The summed E-state index contributed by atoms with van der Waals surface area (Å²) in [5, 5.41) is 9.90. The number of carbonyl (C=O) groups excluding carboxylic acids is 1. The fourth-order valence-corrected chi connectivity index (χ4v) is 1.94. The molecule has 2 aromatic carbocycles. The summed E-state index contributed by atoms with van der Waals surface area (Å²) in [6.45, 7) is 3.46. The van der Waals surface area contributed by atoms with Crippen LogP contribution in [0.1, 0.15) is 24.2 Å². The average Bonchev–Trinajstić information content (AvgIpc) is 2.37. The van der Waals surface area contributed by atoms with Crippen molar-refractivity contribution in [2.75, 3.05) is 0 Å². The third-order valence-electron chi connectivity index (χ3n) is 3.03. The van der Waals surface area contributed by atoms with Crippen LogP contribution in [0.25, 0.3) is 11.1 Å². The Morgan fingerprint density at radius 2 is 1.80 bits per heavy atom. The van der Waals surface area contributed by atoms with Gasteiger partial charge in [-0.05, 0) is 29.8 Å². The molecule has 2 nitrogen and oxygen atoms in total. The van der Waals surface area contributed by atoms with Crippen molar-refractivity contribution in [1.29, 1.82) is 0 Å². The highest BCUT2D eigenvalue weighted by Crippen LogP contribution is 2.29. The lowest BCUT2D eigenvalue weighted by atomic mass is 9.96. The first kappa shape index (κ1) is 14.2. The lowest BCUT2D eigenvalue weighted by Gasteiger charge is -2.09. The second-order valence-electron chi connectivity index (χ2n) is 4.88. The summed E-state index contributed by atoms with van der Waals surface area (Å²) >= 11 is 0. The van der Waals surface area contributed by atoms with E-state index >= 15 is 0 Å². The highest BCUT2D eigenvalue weighted by molar-refractivity contribution is 6.00. The molecule has 0 aromatic heterocycles. The molecule has 0 heterocycles. The van der Waals surface area contributed by atoms with Gasteiger partial charge in [0.15, 0.2) is 5.78 Å². The first-order chi connectivity index (χ1) is 9.40. The van der Waals surface area contributed by atoms with Crippen LogP contribution >= 0.6 is 0 Å². The number of rotatable bonds is 3. The summed E-state index contributed by atoms with van der Waals surface area (Å²) in [4.78, 5) is 11.8. The number of benzene rings is 2. The number of halogens is 2. The van der Waals surface area contributed by atoms with Crippen molar-refractivity contribution in [1.82, 2.24) is 0 Å². The molecule has 0 spiro atoms. The monoisotopic (exact) mass is 276 g/mol. The fourth-order valence-electron chi connectivity index (χ4n) is 1.94. The lowest BCUT2D eigenvalue weighted by molar-refractivity contribution is 0.0936. The number of phenols is 1. The van der Waals surface area contributed by atoms with E-state index < -0.39 is 11.6 Å². The number of hydrogen-bond acceptors (Lipinski definition) is 2. The minimum absolute atomic E-state index is 0.172. The Bertz CT molecular complexity index is 664. The standard InChI is InChI=1S/C16H14F2O2/c1-9(2)16(20)13-5-3-10(7-15(13)19)12-6-4-11(17)8-14(12)18/h3-9,19H,1-2H3. The largest absolute Gasteiger partial charge is 0.507 e. The summed E-state index contributed by atoms with van der Waals surface area (Å²) < 4.78 is 26.5. The van der Waals surface area contributed by atoms with Gasteiger partial charge in [0.05, 0.1) is 5.56 Å². The van der Waals surface area contributed by atoms with E-state index in [2.05, 4.69) is 0 Å². The second-order valence-corrected chi connectivity index (χ2v) is 4.88. The minimum Gasteiger partial charge on any atom is -0.507 e. The summed E-state index contributed by atoms with van der Waals surface area (Å²) in [7, 11) is 0. The molecule has 20 heavy (non-hydrogen) atoms. The van der Waals surface area contributed by atoms with E-state index in [4.69, 9.17) is 0 Å². The van der Waals surface area contributed by atoms with Crippen LogP contribution < -0.4 is 0 Å². The molecule has 0 aliphatic rings. The third kappa shape index (κ3) is 2.69. The van der Waals surface area contributed by atoms with Crippen molar-refractivity contribution in [3.63, 3.8) is 0 Å². The van der Waals surface area contributed by atoms with E-state index in [1.807, 2.05) is 0 Å². The Morgan fingerprint density at radius 1 is 1.10 bits per heavy atom. The van der Waals surface area contributed by atoms with Crippen LogP contribution in [0.4, 0.5) is 8.78 Å². The fraction of sp³-hybridized carbons (Fsp3) is 0.188. The van der Waals surface area contributed by atoms with Gasteiger partial charge in [0.1, 0.15) is 17.4 Å². The number of carbonyl (C=O) groups is 1. The Balaban J connectivity index is 2.46. The smallest absolute Gasteiger partial charge is 0.169 e. The van der Waals surface area contributed by atoms with Crippen LogP contribution in [-0.2, 0) is 0 Å². The zero-order chi connectivity index (χ0) is 14.9. The summed E-state index contributed by atoms with van der Waals surface area (Å²) in [5.41, 5.74) is 0.761. The van der Waals surface area contributed by atoms with Crippen molar-refractivity contribution in [2.24, 2.45) is 5.92 Å². The summed E-state index contributed by atoms with van der Waals surface area (Å²) in [6.07, 6.45) is 0. The zero-order valence-electron chi connectivity index (χ0n) is 11.2. The number of phenolic OH excluding ortho intramolecular Hbond substituents is 1. The molecular weight excluding hydrogens is 262 g/mol. The maximum absolute atomic E-state index is 13.7. The van der Waals surface area contributed by atoms with Crippen molar-refractivity contribution in [2.45, 2.75) is 13.8 Å². The first-order valence-corrected chi connectivity index (χ1v) is 6.23. The zero-order valence-corrected chi connectivity index (χ0v) is 11.2. The van der Waals surface area contributed by atoms with Gasteiger partial charge in [-0.25, -0.2) is 8.78 Å². The maximum atomic E-state index is 13.7. The molecule has 2 aromatic rings. The minimum atomic E-state index is -0.715. The SMILES string of the molecule is CC(C)C(=O)c1ccc(-c2ccc(F)cc2F)cc1O. The van der Waals surface area contributed by atoms with Crippen LogP contribution in [-0.4, -0.2) is 10.9 Å². The van der Waals surface area contributed by atoms with Gasteiger partial charge in [-0.3, -0.25) is 4.79 Å². The van der Waals surface area contributed by atoms with E-state index in [0.717, 1.165) is 12.1 Å². The molecule has 0 bridgehead atoms. The van der Waals surface area contributed by atoms with Crippen LogP contribution in [0.2, 0.25) is 0 Å². The normalized spacial score (nSPS) is 10.8. The molecule has 1 N–H and O–H groups in total. The summed E-state index contributed by atoms with van der Waals surface area (Å²) in [5.74, 6) is -2.01. The van der Waals surface area contributed by atoms with Gasteiger partial charge >= 0.3 is 0 Å². The van der Waals surface area contributed by atoms with Crippen LogP contribution in [0, 0.1) is 17.6 Å². The van der Waals surface area contributed by atoms with Crippen molar-refractivity contribution >= 4 is 5.78 Å². The molecule has 0 saturated heterocycles. The highest BCUT2D eigenvalue weighted by Gasteiger charge is 2.16. The van der Waals surface area contributed by atoms with Gasteiger partial charge in [0.25, 0.3) is 0 Å². The lowest BCUT2D eigenvalue weighted by Crippen LogP contribution is -2.07. The molecule has 0 fully saturated rings. The number of Topliss-reactive ketones (excluding diaryl/α,β-unsaturated/α-hetero) is 1. The Kier molecular flexibility index (Phi) is 3.84. The van der Waals surface area contributed by atoms with Gasteiger partial charge < -0.3 is 5.11 Å². The molecular formula is C16H14F2O2. The molecule has 104 valence electrons. The third-order valence-corrected chi connectivity index (χ3v) is 3.03. The Morgan fingerprint density at radius 3 is 2.35 bits per heavy atom. The molecule has 2 rings (SSSR count). The predicted octanol–water partition coefficient (Wildman–Crippen LogP) is 4.18. The van der Waals surface area contributed by atoms with E-state index in [1.165, 1.54) is 24.3 Å². The molecule has 0 aliphatic heterocycles. The van der Waals surface area contributed by atoms with Gasteiger partial charge in [-0.15, -0.1) is 0 Å². The molecule has 0 atom stereocenters.